The molecule has 7 heteroatoms. The zero-order valence-electron chi connectivity index (χ0n) is 15.8. The van der Waals surface area contributed by atoms with Gasteiger partial charge in [-0.1, -0.05) is 0 Å². The van der Waals surface area contributed by atoms with E-state index in [4.69, 9.17) is 14.0 Å². The lowest BCUT2D eigenvalue weighted by Gasteiger charge is -2.32. The smallest absolute Gasteiger partial charge is 0.444 e. The number of amides is 1. The Bertz CT molecular complexity index is 622. The number of pyridine rings is 1. The minimum Gasteiger partial charge on any atom is -0.444 e. The van der Waals surface area contributed by atoms with Crippen LogP contribution in [0.1, 0.15) is 54.0 Å². The fraction of sp³-hybridized carbons (Fsp3) is 0.647. The highest BCUT2D eigenvalue weighted by Crippen LogP contribution is 2.36. The molecule has 1 amide bonds. The fourth-order valence-corrected chi connectivity index (χ4v) is 2.24. The van der Waals surface area contributed by atoms with Crippen molar-refractivity contribution in [1.82, 2.24) is 4.98 Å². The minimum absolute atomic E-state index is 0.402. The third kappa shape index (κ3) is 4.08. The van der Waals surface area contributed by atoms with Gasteiger partial charge in [-0.05, 0) is 72.5 Å². The number of ether oxygens (including phenoxy) is 1. The van der Waals surface area contributed by atoms with Crippen molar-refractivity contribution in [2.45, 2.75) is 72.2 Å². The van der Waals surface area contributed by atoms with Crippen LogP contribution in [-0.2, 0) is 14.0 Å². The molecule has 0 aliphatic carbocycles. The van der Waals surface area contributed by atoms with Gasteiger partial charge in [0.05, 0.1) is 11.2 Å². The van der Waals surface area contributed by atoms with E-state index in [0.717, 1.165) is 11.0 Å². The van der Waals surface area contributed by atoms with Crippen molar-refractivity contribution in [2.75, 3.05) is 5.32 Å². The molecule has 0 atom stereocenters. The molecular formula is C17H27BN2O4. The lowest BCUT2D eigenvalue weighted by molar-refractivity contribution is 0.00578. The van der Waals surface area contributed by atoms with Gasteiger partial charge < -0.3 is 14.0 Å². The summed E-state index contributed by atoms with van der Waals surface area (Å²) in [6, 6.07) is 1.77. The predicted molar refractivity (Wildman–Crippen MR) is 94.5 cm³/mol. The van der Waals surface area contributed by atoms with Crippen molar-refractivity contribution >= 4 is 24.5 Å². The molecule has 1 saturated heterocycles. The van der Waals surface area contributed by atoms with Crippen LogP contribution in [0.15, 0.2) is 12.3 Å². The number of aryl methyl sites for hydroxylation is 1. The third-order valence-corrected chi connectivity index (χ3v) is 4.28. The highest BCUT2D eigenvalue weighted by molar-refractivity contribution is 6.62. The van der Waals surface area contributed by atoms with Crippen LogP contribution in [0.2, 0.25) is 0 Å². The van der Waals surface area contributed by atoms with Crippen LogP contribution < -0.4 is 10.8 Å². The molecule has 1 fully saturated rings. The Labute approximate surface area is 144 Å². The first-order valence-electron chi connectivity index (χ1n) is 8.13. The normalized spacial score (nSPS) is 19.2. The summed E-state index contributed by atoms with van der Waals surface area (Å²) in [6.45, 7) is 15.4. The van der Waals surface area contributed by atoms with Crippen molar-refractivity contribution in [2.24, 2.45) is 0 Å². The maximum Gasteiger partial charge on any atom is 0.495 e. The Morgan fingerprint density at radius 1 is 1.21 bits per heavy atom. The molecule has 24 heavy (non-hydrogen) atoms. The summed E-state index contributed by atoms with van der Waals surface area (Å²) in [5, 5.41) is 2.65. The van der Waals surface area contributed by atoms with Gasteiger partial charge in [0.1, 0.15) is 11.4 Å². The lowest BCUT2D eigenvalue weighted by Crippen LogP contribution is -2.41. The number of anilines is 1. The first kappa shape index (κ1) is 18.7. The second kappa shape index (κ2) is 6.04. The van der Waals surface area contributed by atoms with Gasteiger partial charge in [-0.25, -0.2) is 9.78 Å². The topological polar surface area (TPSA) is 69.7 Å². The van der Waals surface area contributed by atoms with Gasteiger partial charge in [0.2, 0.25) is 0 Å². The maximum atomic E-state index is 11.9. The average Bonchev–Trinajstić information content (AvgIpc) is 2.58. The van der Waals surface area contributed by atoms with Gasteiger partial charge >= 0.3 is 13.2 Å². The molecule has 0 unspecified atom stereocenters. The van der Waals surface area contributed by atoms with Crippen molar-refractivity contribution in [1.29, 1.82) is 0 Å². The molecule has 1 aliphatic rings. The van der Waals surface area contributed by atoms with Crippen LogP contribution in [0.3, 0.4) is 0 Å². The van der Waals surface area contributed by atoms with Gasteiger partial charge in [-0.3, -0.25) is 5.32 Å². The van der Waals surface area contributed by atoms with Gasteiger partial charge in [0, 0.05) is 6.20 Å². The van der Waals surface area contributed by atoms with Gasteiger partial charge in [-0.2, -0.15) is 0 Å². The van der Waals surface area contributed by atoms with Crippen LogP contribution in [0.25, 0.3) is 0 Å². The lowest BCUT2D eigenvalue weighted by atomic mass is 9.77. The molecular weight excluding hydrogens is 307 g/mol. The SMILES string of the molecule is Cc1cnc(NC(=O)OC(C)(C)C)cc1B1OC(C)(C)C(C)(C)O1. The molecule has 2 rings (SSSR count). The van der Waals surface area contributed by atoms with Crippen LogP contribution >= 0.6 is 0 Å². The van der Waals surface area contributed by atoms with Crippen molar-refractivity contribution in [3.05, 3.63) is 17.8 Å². The van der Waals surface area contributed by atoms with Crippen molar-refractivity contribution in [3.8, 4) is 0 Å². The Kier molecular flexibility index (Phi) is 4.72. The van der Waals surface area contributed by atoms with E-state index in [2.05, 4.69) is 10.3 Å². The summed E-state index contributed by atoms with van der Waals surface area (Å²) in [7, 11) is -0.503. The molecule has 2 heterocycles. The van der Waals surface area contributed by atoms with Crippen LogP contribution in [0.5, 0.6) is 0 Å². The molecule has 0 aromatic carbocycles. The summed E-state index contributed by atoms with van der Waals surface area (Å²) < 4.78 is 17.4. The quantitative estimate of drug-likeness (QED) is 0.842. The molecule has 0 bridgehead atoms. The Balaban J connectivity index is 2.20. The number of nitrogens with zero attached hydrogens (tertiary/aromatic N) is 1. The van der Waals surface area contributed by atoms with Gasteiger partial charge in [0.25, 0.3) is 0 Å². The number of nitrogens with one attached hydrogen (secondary N) is 1. The molecule has 1 aliphatic heterocycles. The highest BCUT2D eigenvalue weighted by atomic mass is 16.7. The van der Waals surface area contributed by atoms with E-state index < -0.39 is 30.0 Å². The van der Waals surface area contributed by atoms with Crippen molar-refractivity contribution < 1.29 is 18.8 Å². The number of carbonyl (C=O) groups excluding carboxylic acids is 1. The maximum absolute atomic E-state index is 11.9. The number of hydrogen-bond donors (Lipinski definition) is 1. The van der Waals surface area contributed by atoms with E-state index in [-0.39, 0.29) is 0 Å². The van der Waals surface area contributed by atoms with Crippen LogP contribution in [0, 0.1) is 6.92 Å². The number of rotatable bonds is 2. The van der Waals surface area contributed by atoms with E-state index in [0.29, 0.717) is 5.82 Å². The standard InChI is InChI=1S/C17H27BN2O4/c1-11-10-19-13(20-14(21)22-15(2,3)4)9-12(11)18-23-16(5,6)17(7,8)24-18/h9-10H,1-8H3,(H,19,20,21). The summed E-state index contributed by atoms with van der Waals surface area (Å²) in [5.74, 6) is 0.402. The third-order valence-electron chi connectivity index (χ3n) is 4.28. The zero-order valence-corrected chi connectivity index (χ0v) is 15.8. The Morgan fingerprint density at radius 2 is 1.75 bits per heavy atom. The summed E-state index contributed by atoms with van der Waals surface area (Å²) in [6.07, 6.45) is 1.14. The first-order valence-corrected chi connectivity index (χ1v) is 8.13. The van der Waals surface area contributed by atoms with Gasteiger partial charge in [-0.15, -0.1) is 0 Å². The van der Waals surface area contributed by atoms with Crippen LogP contribution in [0.4, 0.5) is 10.6 Å². The molecule has 1 aromatic heterocycles. The molecule has 0 saturated carbocycles. The predicted octanol–water partition coefficient (Wildman–Crippen LogP) is 3.04. The molecule has 132 valence electrons. The summed E-state index contributed by atoms with van der Waals surface area (Å²) >= 11 is 0. The highest BCUT2D eigenvalue weighted by Gasteiger charge is 2.52. The first-order chi connectivity index (χ1) is 10.8. The molecule has 1 aromatic rings. The fourth-order valence-electron chi connectivity index (χ4n) is 2.24. The van der Waals surface area contributed by atoms with E-state index in [9.17, 15) is 4.79 Å². The number of carbonyl (C=O) groups is 1. The minimum atomic E-state index is -0.566. The molecule has 0 spiro atoms. The summed E-state index contributed by atoms with van der Waals surface area (Å²) in [4.78, 5) is 16.1. The zero-order chi connectivity index (χ0) is 18.3. The van der Waals surface area contributed by atoms with E-state index in [1.54, 1.807) is 12.3 Å². The second-order valence-electron chi connectivity index (χ2n) is 8.14. The Hall–Kier alpha value is -1.60. The molecule has 1 N–H and O–H groups in total. The van der Waals surface area contributed by atoms with E-state index >= 15 is 0 Å². The summed E-state index contributed by atoms with van der Waals surface area (Å²) in [5.41, 5.74) is 0.361. The second-order valence-corrected chi connectivity index (χ2v) is 8.14. The largest absolute Gasteiger partial charge is 0.495 e. The average molecular weight is 334 g/mol. The molecule has 6 nitrogen and oxygen atoms in total. The Morgan fingerprint density at radius 3 is 2.25 bits per heavy atom. The van der Waals surface area contributed by atoms with Gasteiger partial charge in [0.15, 0.2) is 0 Å². The number of hydrogen-bond acceptors (Lipinski definition) is 5. The van der Waals surface area contributed by atoms with Crippen LogP contribution in [-0.4, -0.2) is 35.0 Å². The van der Waals surface area contributed by atoms with E-state index in [1.807, 2.05) is 55.4 Å². The number of aromatic nitrogens is 1. The van der Waals surface area contributed by atoms with Crippen molar-refractivity contribution in [3.63, 3.8) is 0 Å². The monoisotopic (exact) mass is 334 g/mol. The molecule has 0 radical (unpaired) electrons. The van der Waals surface area contributed by atoms with E-state index in [1.165, 1.54) is 0 Å².